The number of halogens is 2. The first kappa shape index (κ1) is 8.51. The first-order chi connectivity index (χ1) is 3.81. The zero-order valence-electron chi connectivity index (χ0n) is 4.21. The molecule has 0 aromatic carbocycles. The van der Waals surface area contributed by atoms with Gasteiger partial charge in [-0.25, -0.2) is 0 Å². The molecular weight excluding hydrogens is 154 g/mol. The number of hydrogen-bond donors (Lipinski definition) is 1. The van der Waals surface area contributed by atoms with Crippen LogP contribution in [0.1, 0.15) is 0 Å². The van der Waals surface area contributed by atoms with E-state index in [1.54, 1.807) is 0 Å². The monoisotopic (exact) mass is 158 g/mol. The van der Waals surface area contributed by atoms with Crippen molar-refractivity contribution in [2.45, 2.75) is 5.25 Å². The predicted octanol–water partition coefficient (Wildman–Crippen LogP) is 0.653. The maximum absolute atomic E-state index is 11.7. The van der Waals surface area contributed by atoms with Gasteiger partial charge in [-0.3, -0.25) is 4.55 Å². The fraction of sp³-hybridized carbons (Fsp3) is 0.333. The van der Waals surface area contributed by atoms with Crippen LogP contribution in [0, 0.1) is 0 Å². The molecule has 0 saturated heterocycles. The lowest BCUT2D eigenvalue weighted by Gasteiger charge is -2.04. The molecule has 0 rings (SSSR count). The molecule has 0 radical (unpaired) electrons. The van der Waals surface area contributed by atoms with E-state index in [1.165, 1.54) is 0 Å². The van der Waals surface area contributed by atoms with E-state index in [-0.39, 0.29) is 6.08 Å². The second-order valence-corrected chi connectivity index (χ2v) is 2.74. The lowest BCUT2D eigenvalue weighted by Crippen LogP contribution is -2.24. The molecule has 0 amide bonds. The molecular formula is C3H4F2O3S. The third kappa shape index (κ3) is 1.72. The highest BCUT2D eigenvalue weighted by Gasteiger charge is 2.40. The van der Waals surface area contributed by atoms with E-state index in [2.05, 4.69) is 6.58 Å². The Hall–Kier alpha value is -0.490. The van der Waals surface area contributed by atoms with E-state index < -0.39 is 15.4 Å². The van der Waals surface area contributed by atoms with E-state index in [4.69, 9.17) is 4.55 Å². The second-order valence-electron chi connectivity index (χ2n) is 1.24. The van der Waals surface area contributed by atoms with E-state index in [0.29, 0.717) is 0 Å². The third-order valence-corrected chi connectivity index (χ3v) is 1.44. The molecule has 1 N–H and O–H groups in total. The van der Waals surface area contributed by atoms with Crippen molar-refractivity contribution in [1.29, 1.82) is 0 Å². The summed E-state index contributed by atoms with van der Waals surface area (Å²) in [5.74, 6) is 0. The van der Waals surface area contributed by atoms with Gasteiger partial charge in [0, 0.05) is 0 Å². The van der Waals surface area contributed by atoms with Crippen molar-refractivity contribution in [2.75, 3.05) is 0 Å². The molecule has 9 heavy (non-hydrogen) atoms. The summed E-state index contributed by atoms with van der Waals surface area (Å²) in [6.45, 7) is 2.51. The topological polar surface area (TPSA) is 54.4 Å². The molecule has 0 aromatic rings. The van der Waals surface area contributed by atoms with Crippen LogP contribution in [0.15, 0.2) is 12.7 Å². The Bertz CT molecular complexity index is 205. The largest absolute Gasteiger partial charge is 0.388 e. The lowest BCUT2D eigenvalue weighted by molar-refractivity contribution is 0.134. The normalized spacial score (nSPS) is 13.2. The first-order valence-corrected chi connectivity index (χ1v) is 3.23. The van der Waals surface area contributed by atoms with Crippen LogP contribution in [0.25, 0.3) is 0 Å². The van der Waals surface area contributed by atoms with E-state index in [1.807, 2.05) is 0 Å². The molecule has 0 aliphatic heterocycles. The van der Waals surface area contributed by atoms with Crippen molar-refractivity contribution in [3.63, 3.8) is 0 Å². The molecule has 6 heteroatoms. The molecule has 0 atom stereocenters. The summed E-state index contributed by atoms with van der Waals surface area (Å²) in [5, 5.41) is -4.23. The van der Waals surface area contributed by atoms with Crippen molar-refractivity contribution >= 4 is 10.1 Å². The van der Waals surface area contributed by atoms with Gasteiger partial charge in [-0.1, -0.05) is 6.58 Å². The third-order valence-electron chi connectivity index (χ3n) is 0.582. The average molecular weight is 158 g/mol. The van der Waals surface area contributed by atoms with Crippen LogP contribution >= 0.6 is 0 Å². The standard InChI is InChI=1S/C3H4F2O3S/c1-2-3(4,5)9(6,7)8/h2H,1H2,(H,6,7,8). The summed E-state index contributed by atoms with van der Waals surface area (Å²) < 4.78 is 50.3. The Labute approximate surface area is 50.7 Å². The summed E-state index contributed by atoms with van der Waals surface area (Å²) in [6.07, 6.45) is -0.150. The van der Waals surface area contributed by atoms with Gasteiger partial charge >= 0.3 is 15.4 Å². The maximum atomic E-state index is 11.7. The van der Waals surface area contributed by atoms with Crippen LogP contribution in [-0.2, 0) is 10.1 Å². The van der Waals surface area contributed by atoms with Gasteiger partial charge in [-0.05, 0) is 6.08 Å². The predicted molar refractivity (Wildman–Crippen MR) is 26.7 cm³/mol. The highest BCUT2D eigenvalue weighted by molar-refractivity contribution is 7.87. The van der Waals surface area contributed by atoms with Gasteiger partial charge in [0.15, 0.2) is 0 Å². The molecule has 0 unspecified atom stereocenters. The van der Waals surface area contributed by atoms with Crippen LogP contribution in [0.4, 0.5) is 8.78 Å². The molecule has 3 nitrogen and oxygen atoms in total. The van der Waals surface area contributed by atoms with Gasteiger partial charge in [-0.2, -0.15) is 17.2 Å². The minimum Gasteiger partial charge on any atom is -0.281 e. The van der Waals surface area contributed by atoms with Crippen molar-refractivity contribution < 1.29 is 21.8 Å². The average Bonchev–Trinajstić information content (AvgIpc) is 1.64. The van der Waals surface area contributed by atoms with E-state index in [0.717, 1.165) is 0 Å². The number of alkyl halides is 2. The fourth-order valence-electron chi connectivity index (χ4n) is 0.105. The Kier molecular flexibility index (Phi) is 1.92. The lowest BCUT2D eigenvalue weighted by atomic mass is 10.7. The highest BCUT2D eigenvalue weighted by atomic mass is 32.2. The molecule has 0 aliphatic rings. The minimum atomic E-state index is -5.30. The summed E-state index contributed by atoms with van der Waals surface area (Å²) in [6, 6.07) is 0. The quantitative estimate of drug-likeness (QED) is 0.474. The van der Waals surface area contributed by atoms with Crippen LogP contribution in [-0.4, -0.2) is 18.2 Å². The first-order valence-electron chi connectivity index (χ1n) is 1.79. The fourth-order valence-corrected chi connectivity index (χ4v) is 0.316. The van der Waals surface area contributed by atoms with Crippen molar-refractivity contribution in [1.82, 2.24) is 0 Å². The van der Waals surface area contributed by atoms with Gasteiger partial charge in [0.1, 0.15) is 0 Å². The van der Waals surface area contributed by atoms with Gasteiger partial charge in [-0.15, -0.1) is 0 Å². The van der Waals surface area contributed by atoms with Crippen LogP contribution in [0.2, 0.25) is 0 Å². The molecule has 0 aromatic heterocycles. The molecule has 0 fully saturated rings. The maximum Gasteiger partial charge on any atom is 0.388 e. The second kappa shape index (κ2) is 2.03. The minimum absolute atomic E-state index is 0.150. The summed E-state index contributed by atoms with van der Waals surface area (Å²) in [4.78, 5) is 0. The van der Waals surface area contributed by atoms with Crippen molar-refractivity contribution in [3.8, 4) is 0 Å². The SMILES string of the molecule is C=CC(F)(F)S(=O)(=O)O. The number of hydrogen-bond acceptors (Lipinski definition) is 2. The Morgan fingerprint density at radius 1 is 1.56 bits per heavy atom. The Balaban J connectivity index is 4.77. The molecule has 0 heterocycles. The molecule has 0 aliphatic carbocycles. The summed E-state index contributed by atoms with van der Waals surface area (Å²) in [7, 11) is -5.30. The van der Waals surface area contributed by atoms with Crippen LogP contribution in [0.5, 0.6) is 0 Å². The van der Waals surface area contributed by atoms with Gasteiger partial charge in [0.25, 0.3) is 0 Å². The Morgan fingerprint density at radius 3 is 1.89 bits per heavy atom. The van der Waals surface area contributed by atoms with Crippen LogP contribution < -0.4 is 0 Å². The van der Waals surface area contributed by atoms with Crippen molar-refractivity contribution in [3.05, 3.63) is 12.7 Å². The summed E-state index contributed by atoms with van der Waals surface area (Å²) in [5.41, 5.74) is 0. The Morgan fingerprint density at radius 2 is 1.89 bits per heavy atom. The zero-order chi connectivity index (χ0) is 7.71. The van der Waals surface area contributed by atoms with Crippen molar-refractivity contribution in [2.24, 2.45) is 0 Å². The van der Waals surface area contributed by atoms with Crippen LogP contribution in [0.3, 0.4) is 0 Å². The smallest absolute Gasteiger partial charge is 0.281 e. The molecule has 54 valence electrons. The number of rotatable bonds is 2. The molecule has 0 bridgehead atoms. The van der Waals surface area contributed by atoms with Gasteiger partial charge < -0.3 is 0 Å². The summed E-state index contributed by atoms with van der Waals surface area (Å²) >= 11 is 0. The van der Waals surface area contributed by atoms with Gasteiger partial charge in [0.05, 0.1) is 0 Å². The highest BCUT2D eigenvalue weighted by Crippen LogP contribution is 2.20. The molecule has 0 saturated carbocycles. The van der Waals surface area contributed by atoms with E-state index >= 15 is 0 Å². The zero-order valence-corrected chi connectivity index (χ0v) is 5.03. The van der Waals surface area contributed by atoms with E-state index in [9.17, 15) is 17.2 Å². The van der Waals surface area contributed by atoms with Gasteiger partial charge in [0.2, 0.25) is 0 Å². The molecule has 0 spiro atoms.